The van der Waals surface area contributed by atoms with Crippen molar-refractivity contribution in [3.05, 3.63) is 29.8 Å². The molecule has 0 N–H and O–H groups in total. The maximum atomic E-state index is 12.3. The molecule has 0 heterocycles. The molecule has 7 heteroatoms. The highest BCUT2D eigenvalue weighted by atomic mass is 32.2. The Morgan fingerprint density at radius 1 is 1.35 bits per heavy atom. The van der Waals surface area contributed by atoms with Crippen LogP contribution in [0.4, 0.5) is 8.78 Å². The van der Waals surface area contributed by atoms with E-state index in [1.807, 2.05) is 6.92 Å². The minimum absolute atomic E-state index is 0.157. The molecule has 0 bridgehead atoms. The van der Waals surface area contributed by atoms with Gasteiger partial charge in [-0.15, -0.1) is 0 Å². The highest BCUT2D eigenvalue weighted by Gasteiger charge is 2.10. The van der Waals surface area contributed by atoms with Crippen molar-refractivity contribution in [2.45, 2.75) is 24.7 Å². The number of rotatable bonds is 6. The van der Waals surface area contributed by atoms with Crippen molar-refractivity contribution in [1.29, 1.82) is 0 Å². The van der Waals surface area contributed by atoms with Crippen LogP contribution in [-0.2, 0) is 19.3 Å². The van der Waals surface area contributed by atoms with E-state index in [4.69, 9.17) is 0 Å². The molecule has 1 unspecified atom stereocenters. The van der Waals surface area contributed by atoms with Crippen LogP contribution in [0.3, 0.4) is 0 Å². The summed E-state index contributed by atoms with van der Waals surface area (Å²) < 4.78 is 44.1. The minimum atomic E-state index is -2.81. The molecule has 0 saturated heterocycles. The molecule has 0 aliphatic heterocycles. The van der Waals surface area contributed by atoms with Crippen LogP contribution in [0.1, 0.15) is 12.0 Å². The maximum Gasteiger partial charge on any atom is 0.261 e. The van der Waals surface area contributed by atoms with Crippen molar-refractivity contribution in [3.8, 4) is 0 Å². The zero-order valence-corrected chi connectivity index (χ0v) is 12.2. The van der Waals surface area contributed by atoms with Gasteiger partial charge in [-0.1, -0.05) is 17.7 Å². The molecule has 0 fully saturated rings. The molecule has 1 aromatic carbocycles. The lowest BCUT2D eigenvalue weighted by atomic mass is 10.2. The van der Waals surface area contributed by atoms with Crippen LogP contribution < -0.4 is 0 Å². The van der Waals surface area contributed by atoms with Crippen LogP contribution in [0.25, 0.3) is 0 Å². The first-order chi connectivity index (χ1) is 9.31. The first-order valence-electron chi connectivity index (χ1n) is 5.99. The molecule has 1 amide bonds. The van der Waals surface area contributed by atoms with Crippen LogP contribution in [0.5, 0.6) is 0 Å². The predicted octanol–water partition coefficient (Wildman–Crippen LogP) is 2.65. The second kappa shape index (κ2) is 7.44. The number of hydrogen-bond acceptors (Lipinski definition) is 3. The number of aryl methyl sites for hydroxylation is 1. The molecule has 0 aromatic heterocycles. The normalized spacial score (nSPS) is 14.1. The molecular weight excluding hydrogens is 288 g/mol. The highest BCUT2D eigenvalue weighted by Crippen LogP contribution is 2.13. The highest BCUT2D eigenvalue weighted by molar-refractivity contribution is 7.93. The summed E-state index contributed by atoms with van der Waals surface area (Å²) in [7, 11) is -2.81. The van der Waals surface area contributed by atoms with Crippen LogP contribution >= 0.6 is 0 Å². The van der Waals surface area contributed by atoms with Gasteiger partial charge in [0.1, 0.15) is 6.61 Å². The molecule has 1 aromatic rings. The second-order valence-corrected chi connectivity index (χ2v) is 6.58. The Hall–Kier alpha value is -1.34. The van der Waals surface area contributed by atoms with Gasteiger partial charge in [0, 0.05) is 11.2 Å². The van der Waals surface area contributed by atoms with Gasteiger partial charge in [0.25, 0.3) is 12.3 Å². The molecule has 0 aliphatic carbocycles. The summed E-state index contributed by atoms with van der Waals surface area (Å²) in [4.78, 5) is 12.0. The summed E-state index contributed by atoms with van der Waals surface area (Å²) in [5.41, 5.74) is 1.01. The molecule has 0 aliphatic rings. The molecule has 0 radical (unpaired) electrons. The first-order valence-corrected chi connectivity index (χ1v) is 7.91. The molecule has 0 spiro atoms. The fraction of sp³-hybridized carbons (Fsp3) is 0.462. The fourth-order valence-corrected chi connectivity index (χ4v) is 2.64. The molecule has 4 nitrogen and oxygen atoms in total. The second-order valence-electron chi connectivity index (χ2n) is 4.32. The zero-order chi connectivity index (χ0) is 15.2. The largest absolute Gasteiger partial charge is 0.375 e. The number of ether oxygens (including phenoxy) is 1. The van der Waals surface area contributed by atoms with Gasteiger partial charge >= 0.3 is 0 Å². The molecule has 112 valence electrons. The molecule has 1 rings (SSSR count). The smallest absolute Gasteiger partial charge is 0.261 e. The third kappa shape index (κ3) is 5.75. The number of carbonyl (C=O) groups excluding carboxylic acids is 1. The lowest BCUT2D eigenvalue weighted by Gasteiger charge is -2.05. The van der Waals surface area contributed by atoms with Crippen molar-refractivity contribution in [2.24, 2.45) is 4.36 Å². The summed E-state index contributed by atoms with van der Waals surface area (Å²) in [6, 6.07) is 6.87. The average Bonchev–Trinajstić information content (AvgIpc) is 2.34. The quantitative estimate of drug-likeness (QED) is 0.759. The standard InChI is InChI=1S/C13H17F2NO3S/c1-10-3-5-11(6-4-10)20(2,18)16-13(17)7-8-19-9-12(14)15/h3-6,12H,7-9H2,1-2H3. The van der Waals surface area contributed by atoms with Crippen molar-refractivity contribution < 1.29 is 22.5 Å². The van der Waals surface area contributed by atoms with E-state index in [1.165, 1.54) is 6.26 Å². The Morgan fingerprint density at radius 2 is 1.95 bits per heavy atom. The SMILES string of the molecule is Cc1ccc(S(C)(=O)=NC(=O)CCOCC(F)F)cc1. The van der Waals surface area contributed by atoms with E-state index in [-0.39, 0.29) is 13.0 Å². The van der Waals surface area contributed by atoms with Crippen molar-refractivity contribution >= 4 is 15.6 Å². The number of benzene rings is 1. The Bertz CT molecular complexity index is 563. The van der Waals surface area contributed by atoms with E-state index in [2.05, 4.69) is 9.10 Å². The number of alkyl halides is 2. The lowest BCUT2D eigenvalue weighted by molar-refractivity contribution is -0.119. The third-order valence-corrected chi connectivity index (χ3v) is 4.14. The van der Waals surface area contributed by atoms with Gasteiger partial charge in [-0.2, -0.15) is 4.36 Å². The first kappa shape index (κ1) is 16.7. The third-order valence-electron chi connectivity index (χ3n) is 2.44. The summed E-state index contributed by atoms with van der Waals surface area (Å²) in [6.07, 6.45) is -1.36. The number of amides is 1. The summed E-state index contributed by atoms with van der Waals surface area (Å²) in [6.45, 7) is 1.02. The van der Waals surface area contributed by atoms with E-state index < -0.39 is 28.7 Å². The van der Waals surface area contributed by atoms with Gasteiger partial charge in [0.2, 0.25) is 0 Å². The topological polar surface area (TPSA) is 55.7 Å². The zero-order valence-electron chi connectivity index (χ0n) is 11.3. The lowest BCUT2D eigenvalue weighted by Crippen LogP contribution is -2.09. The van der Waals surface area contributed by atoms with Gasteiger partial charge in [0.15, 0.2) is 0 Å². The van der Waals surface area contributed by atoms with E-state index in [0.29, 0.717) is 4.90 Å². The summed E-state index contributed by atoms with van der Waals surface area (Å²) in [5, 5.41) is 0. The number of hydrogen-bond donors (Lipinski definition) is 0. The Labute approximate surface area is 117 Å². The van der Waals surface area contributed by atoms with E-state index in [0.717, 1.165) is 5.56 Å². The number of nitrogens with zero attached hydrogens (tertiary/aromatic N) is 1. The van der Waals surface area contributed by atoms with E-state index in [9.17, 15) is 17.8 Å². The monoisotopic (exact) mass is 305 g/mol. The predicted molar refractivity (Wildman–Crippen MR) is 72.4 cm³/mol. The van der Waals surface area contributed by atoms with Gasteiger partial charge in [-0.25, -0.2) is 13.0 Å². The van der Waals surface area contributed by atoms with Crippen molar-refractivity contribution in [3.63, 3.8) is 0 Å². The van der Waals surface area contributed by atoms with Gasteiger partial charge in [-0.05, 0) is 19.1 Å². The Balaban J connectivity index is 2.64. The van der Waals surface area contributed by atoms with Gasteiger partial charge in [0.05, 0.1) is 22.8 Å². The number of carbonyl (C=O) groups is 1. The van der Waals surface area contributed by atoms with E-state index in [1.54, 1.807) is 24.3 Å². The molecule has 0 saturated carbocycles. The van der Waals surface area contributed by atoms with Crippen molar-refractivity contribution in [2.75, 3.05) is 19.5 Å². The maximum absolute atomic E-state index is 12.3. The Kier molecular flexibility index (Phi) is 6.22. The Morgan fingerprint density at radius 3 is 2.50 bits per heavy atom. The molecule has 1 atom stereocenters. The molecular formula is C13H17F2NO3S. The number of halogens is 2. The fourth-order valence-electron chi connectivity index (χ4n) is 1.42. The molecule has 20 heavy (non-hydrogen) atoms. The summed E-state index contributed by atoms with van der Waals surface area (Å²) >= 11 is 0. The average molecular weight is 305 g/mol. The van der Waals surface area contributed by atoms with E-state index >= 15 is 0 Å². The van der Waals surface area contributed by atoms with Crippen LogP contribution in [0.2, 0.25) is 0 Å². The van der Waals surface area contributed by atoms with Crippen LogP contribution in [0, 0.1) is 6.92 Å². The van der Waals surface area contributed by atoms with Crippen molar-refractivity contribution in [1.82, 2.24) is 0 Å². The van der Waals surface area contributed by atoms with Gasteiger partial charge < -0.3 is 4.74 Å². The minimum Gasteiger partial charge on any atom is -0.375 e. The van der Waals surface area contributed by atoms with Crippen LogP contribution in [0.15, 0.2) is 33.5 Å². The van der Waals surface area contributed by atoms with Crippen LogP contribution in [-0.4, -0.2) is 36.0 Å². The van der Waals surface area contributed by atoms with Gasteiger partial charge in [-0.3, -0.25) is 4.79 Å². The summed E-state index contributed by atoms with van der Waals surface area (Å²) in [5.74, 6) is -0.618.